The van der Waals surface area contributed by atoms with Gasteiger partial charge in [0, 0.05) is 38.1 Å². The Morgan fingerprint density at radius 3 is 2.68 bits per heavy atom. The van der Waals surface area contributed by atoms with E-state index in [1.54, 1.807) is 0 Å². The molecule has 2 fully saturated rings. The Morgan fingerprint density at radius 1 is 1.18 bits per heavy atom. The van der Waals surface area contributed by atoms with Crippen molar-refractivity contribution < 1.29 is 4.74 Å². The van der Waals surface area contributed by atoms with Crippen molar-refractivity contribution in [2.45, 2.75) is 31.8 Å². The lowest BCUT2D eigenvalue weighted by atomic mass is 10.1. The maximum Gasteiger partial charge on any atom is 0.0645 e. The minimum Gasteiger partial charge on any atom is -0.381 e. The first kappa shape index (κ1) is 14.0. The minimum atomic E-state index is 0.726. The van der Waals surface area contributed by atoms with Gasteiger partial charge in [0.25, 0.3) is 0 Å². The number of ether oxygens (including phenoxy) is 1. The molecule has 4 rings (SSSR count). The average molecular weight is 297 g/mol. The Bertz CT molecular complexity index is 583. The molecular weight excluding hydrogens is 274 g/mol. The number of hydrogen-bond acceptors (Lipinski definition) is 3. The summed E-state index contributed by atoms with van der Waals surface area (Å²) < 4.78 is 7.43. The topological polar surface area (TPSA) is 30.3 Å². The molecule has 0 bridgehead atoms. The quantitative estimate of drug-likeness (QED) is 0.821. The normalized spacial score (nSPS) is 21.6. The third kappa shape index (κ3) is 3.23. The molecule has 1 atom stereocenters. The molecule has 116 valence electrons. The standard InChI is InChI=1S/C18H23N3O/c1-9-19-21(10-1)18-4-2-15(3-5-18)12-20(17-6-7-17)13-16-8-11-22-14-16/h1-5,9-10,16-17H,6-8,11-14H2. The van der Waals surface area contributed by atoms with Gasteiger partial charge >= 0.3 is 0 Å². The Hall–Kier alpha value is -1.65. The van der Waals surface area contributed by atoms with Gasteiger partial charge in [-0.25, -0.2) is 4.68 Å². The van der Waals surface area contributed by atoms with Crippen molar-refractivity contribution >= 4 is 0 Å². The van der Waals surface area contributed by atoms with E-state index in [2.05, 4.69) is 34.3 Å². The van der Waals surface area contributed by atoms with Crippen LogP contribution in [-0.2, 0) is 11.3 Å². The van der Waals surface area contributed by atoms with E-state index in [-0.39, 0.29) is 0 Å². The molecule has 0 N–H and O–H groups in total. The largest absolute Gasteiger partial charge is 0.381 e. The van der Waals surface area contributed by atoms with Crippen molar-refractivity contribution in [1.82, 2.24) is 14.7 Å². The Balaban J connectivity index is 1.42. The smallest absolute Gasteiger partial charge is 0.0645 e. The molecule has 4 nitrogen and oxygen atoms in total. The van der Waals surface area contributed by atoms with Crippen LogP contribution in [0.25, 0.3) is 5.69 Å². The molecule has 1 saturated carbocycles. The van der Waals surface area contributed by atoms with Crippen molar-refractivity contribution in [2.75, 3.05) is 19.8 Å². The van der Waals surface area contributed by atoms with Gasteiger partial charge in [-0.15, -0.1) is 0 Å². The second-order valence-electron chi connectivity index (χ2n) is 6.51. The van der Waals surface area contributed by atoms with Crippen molar-refractivity contribution in [3.63, 3.8) is 0 Å². The van der Waals surface area contributed by atoms with Crippen LogP contribution in [0.1, 0.15) is 24.8 Å². The van der Waals surface area contributed by atoms with E-state index in [9.17, 15) is 0 Å². The molecule has 1 unspecified atom stereocenters. The summed E-state index contributed by atoms with van der Waals surface area (Å²) >= 11 is 0. The average Bonchev–Trinajstić information content (AvgIpc) is 3.02. The fourth-order valence-corrected chi connectivity index (χ4v) is 3.25. The van der Waals surface area contributed by atoms with Gasteiger partial charge in [-0.05, 0) is 48.9 Å². The number of aromatic nitrogens is 2. The number of rotatable bonds is 6. The molecule has 2 heterocycles. The summed E-state index contributed by atoms with van der Waals surface area (Å²) in [4.78, 5) is 2.66. The van der Waals surface area contributed by atoms with Gasteiger partial charge < -0.3 is 4.74 Å². The second-order valence-corrected chi connectivity index (χ2v) is 6.51. The van der Waals surface area contributed by atoms with E-state index in [0.29, 0.717) is 0 Å². The maximum absolute atomic E-state index is 5.53. The van der Waals surface area contributed by atoms with Gasteiger partial charge in [0.1, 0.15) is 0 Å². The predicted octanol–water partition coefficient (Wildman–Crippen LogP) is 2.87. The molecule has 1 saturated heterocycles. The van der Waals surface area contributed by atoms with Crippen LogP contribution >= 0.6 is 0 Å². The molecular formula is C18H23N3O. The number of benzene rings is 1. The fraction of sp³-hybridized carbons (Fsp3) is 0.500. The first-order chi connectivity index (χ1) is 10.9. The Morgan fingerprint density at radius 2 is 2.05 bits per heavy atom. The summed E-state index contributed by atoms with van der Waals surface area (Å²) in [6.45, 7) is 4.13. The summed E-state index contributed by atoms with van der Waals surface area (Å²) in [6, 6.07) is 11.5. The van der Waals surface area contributed by atoms with Crippen LogP contribution in [0.2, 0.25) is 0 Å². The maximum atomic E-state index is 5.53. The van der Waals surface area contributed by atoms with E-state index >= 15 is 0 Å². The highest BCUT2D eigenvalue weighted by molar-refractivity contribution is 5.33. The summed E-state index contributed by atoms with van der Waals surface area (Å²) in [5.74, 6) is 0.726. The molecule has 0 amide bonds. The van der Waals surface area contributed by atoms with Gasteiger partial charge in [0.05, 0.1) is 12.3 Å². The molecule has 1 aliphatic carbocycles. The van der Waals surface area contributed by atoms with E-state index in [0.717, 1.165) is 37.4 Å². The van der Waals surface area contributed by atoms with Crippen LogP contribution in [0.5, 0.6) is 0 Å². The van der Waals surface area contributed by atoms with Gasteiger partial charge in [-0.2, -0.15) is 5.10 Å². The van der Waals surface area contributed by atoms with E-state index in [4.69, 9.17) is 4.74 Å². The summed E-state index contributed by atoms with van der Waals surface area (Å²) in [5.41, 5.74) is 2.51. The molecule has 1 aliphatic heterocycles. The summed E-state index contributed by atoms with van der Waals surface area (Å²) in [6.07, 6.45) is 7.73. The fourth-order valence-electron chi connectivity index (χ4n) is 3.25. The molecule has 22 heavy (non-hydrogen) atoms. The molecule has 0 spiro atoms. The highest BCUT2D eigenvalue weighted by Gasteiger charge is 2.31. The highest BCUT2D eigenvalue weighted by atomic mass is 16.5. The minimum absolute atomic E-state index is 0.726. The predicted molar refractivity (Wildman–Crippen MR) is 85.9 cm³/mol. The lowest BCUT2D eigenvalue weighted by Gasteiger charge is -2.25. The highest BCUT2D eigenvalue weighted by Crippen LogP contribution is 2.30. The van der Waals surface area contributed by atoms with E-state index in [1.807, 2.05) is 23.1 Å². The first-order valence-corrected chi connectivity index (χ1v) is 8.29. The summed E-state index contributed by atoms with van der Waals surface area (Å²) in [5, 5.41) is 4.28. The summed E-state index contributed by atoms with van der Waals surface area (Å²) in [7, 11) is 0. The third-order valence-electron chi connectivity index (χ3n) is 4.67. The van der Waals surface area contributed by atoms with E-state index in [1.165, 1.54) is 31.4 Å². The van der Waals surface area contributed by atoms with Crippen molar-refractivity contribution in [3.05, 3.63) is 48.3 Å². The molecule has 2 aliphatic rings. The lowest BCUT2D eigenvalue weighted by Crippen LogP contribution is -2.31. The number of nitrogens with zero attached hydrogens (tertiary/aromatic N) is 3. The van der Waals surface area contributed by atoms with Gasteiger partial charge in [0.15, 0.2) is 0 Å². The zero-order valence-electron chi connectivity index (χ0n) is 12.9. The molecule has 1 aromatic carbocycles. The van der Waals surface area contributed by atoms with Crippen LogP contribution < -0.4 is 0 Å². The second kappa shape index (κ2) is 6.23. The van der Waals surface area contributed by atoms with Crippen LogP contribution in [0.4, 0.5) is 0 Å². The SMILES string of the molecule is c1cnn(-c2ccc(CN(CC3CCOC3)C3CC3)cc2)c1. The number of hydrogen-bond donors (Lipinski definition) is 0. The first-order valence-electron chi connectivity index (χ1n) is 8.29. The monoisotopic (exact) mass is 297 g/mol. The molecule has 4 heteroatoms. The van der Waals surface area contributed by atoms with Crippen LogP contribution in [0.3, 0.4) is 0 Å². The van der Waals surface area contributed by atoms with E-state index < -0.39 is 0 Å². The Labute approximate surface area is 131 Å². The van der Waals surface area contributed by atoms with Crippen LogP contribution in [-0.4, -0.2) is 40.5 Å². The van der Waals surface area contributed by atoms with Crippen molar-refractivity contribution in [2.24, 2.45) is 5.92 Å². The van der Waals surface area contributed by atoms with Crippen LogP contribution in [0.15, 0.2) is 42.7 Å². The Kier molecular flexibility index (Phi) is 3.95. The zero-order valence-corrected chi connectivity index (χ0v) is 12.9. The molecule has 2 aromatic rings. The van der Waals surface area contributed by atoms with Gasteiger partial charge in [0.2, 0.25) is 0 Å². The van der Waals surface area contributed by atoms with Crippen LogP contribution in [0, 0.1) is 5.92 Å². The van der Waals surface area contributed by atoms with Gasteiger partial charge in [-0.1, -0.05) is 12.1 Å². The molecule has 0 radical (unpaired) electrons. The molecule has 1 aromatic heterocycles. The lowest BCUT2D eigenvalue weighted by molar-refractivity contribution is 0.161. The van der Waals surface area contributed by atoms with Crippen molar-refractivity contribution in [1.29, 1.82) is 0 Å². The van der Waals surface area contributed by atoms with Crippen molar-refractivity contribution in [3.8, 4) is 5.69 Å². The third-order valence-corrected chi connectivity index (χ3v) is 4.67. The zero-order chi connectivity index (χ0) is 14.8. The van der Waals surface area contributed by atoms with Gasteiger partial charge in [-0.3, -0.25) is 4.90 Å².